The van der Waals surface area contributed by atoms with Crippen molar-refractivity contribution in [1.82, 2.24) is 10.6 Å². The van der Waals surface area contributed by atoms with Crippen LogP contribution in [0, 0.1) is 5.92 Å². The molecular formula is C15H23BrN2O2S. The number of hydrogen-bond donors (Lipinski definition) is 2. The Hall–Kier alpha value is -0.720. The summed E-state index contributed by atoms with van der Waals surface area (Å²) in [5.74, 6) is 2.81. The van der Waals surface area contributed by atoms with Crippen molar-refractivity contribution in [2.75, 3.05) is 38.2 Å². The Labute approximate surface area is 139 Å². The SMILES string of the molecule is CNCC(C)C(=O)NCCSCCOc1cccc(Br)c1. The molecule has 0 aromatic heterocycles. The molecule has 0 aliphatic rings. The molecule has 0 heterocycles. The van der Waals surface area contributed by atoms with E-state index in [1.807, 2.05) is 38.2 Å². The van der Waals surface area contributed by atoms with E-state index in [-0.39, 0.29) is 11.8 Å². The highest BCUT2D eigenvalue weighted by Gasteiger charge is 2.10. The molecular weight excluding hydrogens is 352 g/mol. The second-order valence-corrected chi connectivity index (χ2v) is 6.81. The molecule has 1 rings (SSSR count). The number of carbonyl (C=O) groups excluding carboxylic acids is 1. The molecule has 1 aromatic rings. The minimum Gasteiger partial charge on any atom is -0.493 e. The van der Waals surface area contributed by atoms with E-state index in [1.54, 1.807) is 11.8 Å². The van der Waals surface area contributed by atoms with Gasteiger partial charge in [-0.3, -0.25) is 4.79 Å². The van der Waals surface area contributed by atoms with E-state index < -0.39 is 0 Å². The molecule has 0 bridgehead atoms. The third kappa shape index (κ3) is 8.34. The summed E-state index contributed by atoms with van der Waals surface area (Å²) in [6.07, 6.45) is 0. The zero-order valence-electron chi connectivity index (χ0n) is 12.5. The Balaban J connectivity index is 2.01. The van der Waals surface area contributed by atoms with Gasteiger partial charge >= 0.3 is 0 Å². The molecule has 118 valence electrons. The van der Waals surface area contributed by atoms with Gasteiger partial charge in [-0.05, 0) is 25.2 Å². The van der Waals surface area contributed by atoms with Gasteiger partial charge in [0.25, 0.3) is 0 Å². The molecule has 21 heavy (non-hydrogen) atoms. The lowest BCUT2D eigenvalue weighted by Crippen LogP contribution is -2.35. The van der Waals surface area contributed by atoms with E-state index in [1.165, 1.54) is 0 Å². The average Bonchev–Trinajstić information content (AvgIpc) is 2.46. The lowest BCUT2D eigenvalue weighted by Gasteiger charge is -2.11. The monoisotopic (exact) mass is 374 g/mol. The van der Waals surface area contributed by atoms with Gasteiger partial charge in [0.2, 0.25) is 5.91 Å². The second kappa shape index (κ2) is 10.9. The van der Waals surface area contributed by atoms with E-state index in [9.17, 15) is 4.79 Å². The van der Waals surface area contributed by atoms with Crippen molar-refractivity contribution in [3.8, 4) is 5.75 Å². The minimum atomic E-state index is 0.0138. The minimum absolute atomic E-state index is 0.0138. The maximum Gasteiger partial charge on any atom is 0.224 e. The maximum atomic E-state index is 11.6. The number of rotatable bonds is 10. The van der Waals surface area contributed by atoms with Crippen molar-refractivity contribution in [3.63, 3.8) is 0 Å². The molecule has 0 aliphatic heterocycles. The van der Waals surface area contributed by atoms with Crippen LogP contribution in [0.1, 0.15) is 6.92 Å². The number of hydrogen-bond acceptors (Lipinski definition) is 4. The largest absolute Gasteiger partial charge is 0.493 e. The number of benzene rings is 1. The van der Waals surface area contributed by atoms with E-state index in [0.29, 0.717) is 19.7 Å². The summed E-state index contributed by atoms with van der Waals surface area (Å²) in [4.78, 5) is 11.6. The fourth-order valence-electron chi connectivity index (χ4n) is 1.70. The summed E-state index contributed by atoms with van der Waals surface area (Å²) < 4.78 is 6.66. The standard InChI is InChI=1S/C15H23BrN2O2S/c1-12(11-17-2)15(19)18-6-8-21-9-7-20-14-5-3-4-13(16)10-14/h3-5,10,12,17H,6-9,11H2,1-2H3,(H,18,19). The second-order valence-electron chi connectivity index (χ2n) is 4.67. The highest BCUT2D eigenvalue weighted by Crippen LogP contribution is 2.17. The lowest BCUT2D eigenvalue weighted by molar-refractivity contribution is -0.124. The number of ether oxygens (including phenoxy) is 1. The maximum absolute atomic E-state index is 11.6. The summed E-state index contributed by atoms with van der Waals surface area (Å²) in [6, 6.07) is 7.82. The smallest absolute Gasteiger partial charge is 0.224 e. The number of halogens is 1. The van der Waals surface area contributed by atoms with Crippen molar-refractivity contribution in [2.24, 2.45) is 5.92 Å². The molecule has 4 nitrogen and oxygen atoms in total. The first-order valence-electron chi connectivity index (χ1n) is 7.02. The third-order valence-electron chi connectivity index (χ3n) is 2.80. The van der Waals surface area contributed by atoms with E-state index in [0.717, 1.165) is 21.7 Å². The number of nitrogens with one attached hydrogen (secondary N) is 2. The Kier molecular flexibility index (Phi) is 9.54. The molecule has 1 aromatic carbocycles. The van der Waals surface area contributed by atoms with Crippen molar-refractivity contribution >= 4 is 33.6 Å². The van der Waals surface area contributed by atoms with E-state index in [2.05, 4.69) is 26.6 Å². The van der Waals surface area contributed by atoms with Crippen LogP contribution in [0.25, 0.3) is 0 Å². The van der Waals surface area contributed by atoms with Gasteiger partial charge in [0.15, 0.2) is 0 Å². The topological polar surface area (TPSA) is 50.4 Å². The summed E-state index contributed by atoms with van der Waals surface area (Å²) in [5, 5.41) is 5.94. The first kappa shape index (κ1) is 18.3. The summed E-state index contributed by atoms with van der Waals surface area (Å²) in [6.45, 7) is 4.00. The Morgan fingerprint density at radius 2 is 2.24 bits per heavy atom. The summed E-state index contributed by atoms with van der Waals surface area (Å²) >= 11 is 5.19. The van der Waals surface area contributed by atoms with Crippen molar-refractivity contribution in [2.45, 2.75) is 6.92 Å². The van der Waals surface area contributed by atoms with Gasteiger partial charge in [0.1, 0.15) is 5.75 Å². The molecule has 0 saturated carbocycles. The van der Waals surface area contributed by atoms with Crippen molar-refractivity contribution < 1.29 is 9.53 Å². The van der Waals surface area contributed by atoms with Gasteiger partial charge in [-0.1, -0.05) is 28.9 Å². The molecule has 1 unspecified atom stereocenters. The third-order valence-corrected chi connectivity index (χ3v) is 4.24. The summed E-state index contributed by atoms with van der Waals surface area (Å²) in [5.41, 5.74) is 0. The normalized spacial score (nSPS) is 12.0. The molecule has 0 saturated heterocycles. The first-order valence-corrected chi connectivity index (χ1v) is 8.96. The van der Waals surface area contributed by atoms with Crippen LogP contribution in [0.15, 0.2) is 28.7 Å². The molecule has 0 radical (unpaired) electrons. The number of thioether (sulfide) groups is 1. The van der Waals surface area contributed by atoms with E-state index in [4.69, 9.17) is 4.74 Å². The predicted octanol–water partition coefficient (Wildman–Crippen LogP) is 2.53. The van der Waals surface area contributed by atoms with Crippen LogP contribution in [0.3, 0.4) is 0 Å². The zero-order valence-corrected chi connectivity index (χ0v) is 14.9. The molecule has 1 atom stereocenters. The Bertz CT molecular complexity index is 432. The molecule has 0 fully saturated rings. The molecule has 1 amide bonds. The quantitative estimate of drug-likeness (QED) is 0.617. The fourth-order valence-corrected chi connectivity index (χ4v) is 2.73. The number of amides is 1. The Morgan fingerprint density at radius 3 is 2.95 bits per heavy atom. The van der Waals surface area contributed by atoms with Crippen LogP contribution >= 0.6 is 27.7 Å². The van der Waals surface area contributed by atoms with Gasteiger partial charge in [0.05, 0.1) is 6.61 Å². The predicted molar refractivity (Wildman–Crippen MR) is 93.1 cm³/mol. The molecule has 0 spiro atoms. The Morgan fingerprint density at radius 1 is 1.43 bits per heavy atom. The van der Waals surface area contributed by atoms with Crippen molar-refractivity contribution in [3.05, 3.63) is 28.7 Å². The lowest BCUT2D eigenvalue weighted by atomic mass is 10.1. The molecule has 0 aliphatic carbocycles. The van der Waals surface area contributed by atoms with Crippen molar-refractivity contribution in [1.29, 1.82) is 0 Å². The van der Waals surface area contributed by atoms with Crippen LogP contribution in [0.4, 0.5) is 0 Å². The molecule has 6 heteroatoms. The summed E-state index contributed by atoms with van der Waals surface area (Å²) in [7, 11) is 1.85. The fraction of sp³-hybridized carbons (Fsp3) is 0.533. The van der Waals surface area contributed by atoms with Gasteiger partial charge in [0, 0.05) is 35.0 Å². The highest BCUT2D eigenvalue weighted by molar-refractivity contribution is 9.10. The first-order chi connectivity index (χ1) is 10.1. The van der Waals surface area contributed by atoms with Crippen LogP contribution in [0.5, 0.6) is 5.75 Å². The molecule has 2 N–H and O–H groups in total. The van der Waals surface area contributed by atoms with Gasteiger partial charge in [-0.15, -0.1) is 0 Å². The average molecular weight is 375 g/mol. The van der Waals surface area contributed by atoms with Gasteiger partial charge in [-0.25, -0.2) is 0 Å². The zero-order chi connectivity index (χ0) is 15.5. The van der Waals surface area contributed by atoms with Gasteiger partial charge in [-0.2, -0.15) is 11.8 Å². The van der Waals surface area contributed by atoms with Gasteiger partial charge < -0.3 is 15.4 Å². The highest BCUT2D eigenvalue weighted by atomic mass is 79.9. The van der Waals surface area contributed by atoms with E-state index >= 15 is 0 Å². The van der Waals surface area contributed by atoms with Crippen LogP contribution in [0.2, 0.25) is 0 Å². The number of carbonyl (C=O) groups is 1. The van der Waals surface area contributed by atoms with Crippen LogP contribution in [-0.4, -0.2) is 44.2 Å². The van der Waals surface area contributed by atoms with Crippen LogP contribution in [-0.2, 0) is 4.79 Å². The van der Waals surface area contributed by atoms with Crippen LogP contribution < -0.4 is 15.4 Å².